The summed E-state index contributed by atoms with van der Waals surface area (Å²) in [6.45, 7) is 1.28. The maximum Gasteiger partial charge on any atom is 0.257 e. The highest BCUT2D eigenvalue weighted by molar-refractivity contribution is 7.14. The molecular weight excluding hydrogens is 398 g/mol. The zero-order valence-corrected chi connectivity index (χ0v) is 16.2. The van der Waals surface area contributed by atoms with E-state index in [0.29, 0.717) is 34.3 Å². The molecule has 8 heteroatoms. The molecule has 2 heterocycles. The first-order valence-corrected chi connectivity index (χ1v) is 10.0. The average molecular weight is 416 g/mol. The van der Waals surface area contributed by atoms with E-state index in [1.165, 1.54) is 17.4 Å². The van der Waals surface area contributed by atoms with Crippen LogP contribution >= 0.6 is 11.3 Å². The minimum Gasteiger partial charge on any atom is -0.491 e. The monoisotopic (exact) mass is 416 g/mol. The number of carbonyl (C=O) groups excluding carboxylic acids is 1. The van der Waals surface area contributed by atoms with Crippen molar-refractivity contribution < 1.29 is 23.0 Å². The molecule has 1 aliphatic heterocycles. The Labute approximate surface area is 170 Å². The molecule has 1 aliphatic rings. The summed E-state index contributed by atoms with van der Waals surface area (Å²) in [5.41, 5.74) is 1.36. The molecule has 150 valence electrons. The normalized spacial score (nSPS) is 16.0. The summed E-state index contributed by atoms with van der Waals surface area (Å²) < 4.78 is 37.7. The quantitative estimate of drug-likeness (QED) is 0.621. The highest BCUT2D eigenvalue weighted by atomic mass is 32.1. The minimum atomic E-state index is -0.942. The van der Waals surface area contributed by atoms with Gasteiger partial charge in [0, 0.05) is 23.1 Å². The van der Waals surface area contributed by atoms with Crippen LogP contribution < -0.4 is 10.1 Å². The van der Waals surface area contributed by atoms with E-state index in [1.807, 2.05) is 0 Å². The third-order valence-corrected chi connectivity index (χ3v) is 5.27. The van der Waals surface area contributed by atoms with Gasteiger partial charge in [-0.25, -0.2) is 13.8 Å². The van der Waals surface area contributed by atoms with E-state index >= 15 is 0 Å². The molecule has 0 bridgehead atoms. The van der Waals surface area contributed by atoms with Crippen molar-refractivity contribution in [2.75, 3.05) is 18.5 Å². The number of rotatable bonds is 6. The van der Waals surface area contributed by atoms with Crippen LogP contribution in [0.5, 0.6) is 5.75 Å². The summed E-state index contributed by atoms with van der Waals surface area (Å²) in [5.74, 6) is -1.50. The summed E-state index contributed by atoms with van der Waals surface area (Å²) in [7, 11) is 0. The second-order valence-corrected chi connectivity index (χ2v) is 7.45. The Balaban J connectivity index is 1.36. The Bertz CT molecular complexity index is 1000. The lowest BCUT2D eigenvalue weighted by Crippen LogP contribution is -2.16. The number of thiazole rings is 1. The van der Waals surface area contributed by atoms with Gasteiger partial charge < -0.3 is 9.47 Å². The van der Waals surface area contributed by atoms with E-state index in [9.17, 15) is 13.6 Å². The summed E-state index contributed by atoms with van der Waals surface area (Å²) in [6.07, 6.45) is 2.19. The van der Waals surface area contributed by atoms with Gasteiger partial charge in [0.1, 0.15) is 12.4 Å². The van der Waals surface area contributed by atoms with Crippen molar-refractivity contribution in [1.29, 1.82) is 0 Å². The number of hydrogen-bond donors (Lipinski definition) is 1. The number of ether oxygens (including phenoxy) is 2. The van der Waals surface area contributed by atoms with Crippen molar-refractivity contribution in [1.82, 2.24) is 4.98 Å². The molecule has 2 aromatic carbocycles. The maximum absolute atomic E-state index is 13.4. The highest BCUT2D eigenvalue weighted by Crippen LogP contribution is 2.26. The standard InChI is InChI=1S/C21H18F2N2O3S/c22-17-8-5-14(10-18(17)23)19-12-29-21(24-19)25-20(26)13-3-6-15(7-4-13)28-11-16-2-1-9-27-16/h3-8,10,12,16H,1-2,9,11H2,(H,24,25,26)/t16-/m1/s1. The summed E-state index contributed by atoms with van der Waals surface area (Å²) >= 11 is 1.20. The van der Waals surface area contributed by atoms with Crippen LogP contribution in [0.3, 0.4) is 0 Å². The van der Waals surface area contributed by atoms with Gasteiger partial charge in [0.2, 0.25) is 0 Å². The molecule has 0 aliphatic carbocycles. The highest BCUT2D eigenvalue weighted by Gasteiger charge is 2.16. The van der Waals surface area contributed by atoms with E-state index in [4.69, 9.17) is 9.47 Å². The predicted molar refractivity (Wildman–Crippen MR) is 106 cm³/mol. The number of amides is 1. The van der Waals surface area contributed by atoms with Crippen LogP contribution in [-0.2, 0) is 4.74 Å². The Morgan fingerprint density at radius 3 is 2.76 bits per heavy atom. The first-order chi connectivity index (χ1) is 14.1. The van der Waals surface area contributed by atoms with Crippen molar-refractivity contribution in [2.24, 2.45) is 0 Å². The molecule has 3 aromatic rings. The first kappa shape index (κ1) is 19.5. The molecule has 1 fully saturated rings. The molecule has 1 aromatic heterocycles. The van der Waals surface area contributed by atoms with Crippen LogP contribution in [0.1, 0.15) is 23.2 Å². The lowest BCUT2D eigenvalue weighted by molar-refractivity contribution is 0.0679. The average Bonchev–Trinajstić information content (AvgIpc) is 3.41. The summed E-state index contributed by atoms with van der Waals surface area (Å²) in [6, 6.07) is 10.4. The lowest BCUT2D eigenvalue weighted by atomic mass is 10.2. The van der Waals surface area contributed by atoms with Gasteiger partial charge in [-0.15, -0.1) is 11.3 Å². The molecular formula is C21H18F2N2O3S. The van der Waals surface area contributed by atoms with Crippen LogP contribution in [0.4, 0.5) is 13.9 Å². The molecule has 1 atom stereocenters. The molecule has 0 spiro atoms. The van der Waals surface area contributed by atoms with Crippen molar-refractivity contribution in [3.63, 3.8) is 0 Å². The molecule has 0 saturated carbocycles. The van der Waals surface area contributed by atoms with Crippen molar-refractivity contribution in [2.45, 2.75) is 18.9 Å². The van der Waals surface area contributed by atoms with Gasteiger partial charge in [-0.3, -0.25) is 10.1 Å². The Kier molecular flexibility index (Phi) is 5.82. The number of hydrogen-bond acceptors (Lipinski definition) is 5. The number of nitrogens with zero attached hydrogens (tertiary/aromatic N) is 1. The third-order valence-electron chi connectivity index (χ3n) is 4.52. The van der Waals surface area contributed by atoms with Gasteiger partial charge in [0.05, 0.1) is 11.8 Å². The fourth-order valence-corrected chi connectivity index (χ4v) is 3.67. The van der Waals surface area contributed by atoms with E-state index in [2.05, 4.69) is 10.3 Å². The summed E-state index contributed by atoms with van der Waals surface area (Å²) in [5, 5.41) is 4.75. The van der Waals surface area contributed by atoms with Crippen LogP contribution in [0.15, 0.2) is 47.8 Å². The van der Waals surface area contributed by atoms with Gasteiger partial charge in [-0.05, 0) is 55.3 Å². The van der Waals surface area contributed by atoms with E-state index in [1.54, 1.807) is 29.6 Å². The van der Waals surface area contributed by atoms with Crippen LogP contribution in [-0.4, -0.2) is 30.2 Å². The molecule has 4 rings (SSSR count). The SMILES string of the molecule is O=C(Nc1nc(-c2ccc(F)c(F)c2)cs1)c1ccc(OC[C@H]2CCCO2)cc1. The second kappa shape index (κ2) is 8.67. The van der Waals surface area contributed by atoms with E-state index < -0.39 is 11.6 Å². The zero-order chi connectivity index (χ0) is 20.2. The van der Waals surface area contributed by atoms with Gasteiger partial charge in [-0.2, -0.15) is 0 Å². The molecule has 1 amide bonds. The zero-order valence-electron chi connectivity index (χ0n) is 15.4. The Hall–Kier alpha value is -2.84. The van der Waals surface area contributed by atoms with Gasteiger partial charge in [0.25, 0.3) is 5.91 Å². The molecule has 0 radical (unpaired) electrons. The summed E-state index contributed by atoms with van der Waals surface area (Å²) in [4.78, 5) is 16.7. The fraction of sp³-hybridized carbons (Fsp3) is 0.238. The topological polar surface area (TPSA) is 60.5 Å². The number of aromatic nitrogens is 1. The minimum absolute atomic E-state index is 0.131. The van der Waals surface area contributed by atoms with Gasteiger partial charge in [-0.1, -0.05) is 0 Å². The third kappa shape index (κ3) is 4.78. The van der Waals surface area contributed by atoms with E-state index in [-0.39, 0.29) is 12.0 Å². The van der Waals surface area contributed by atoms with E-state index in [0.717, 1.165) is 31.6 Å². The van der Waals surface area contributed by atoms with Crippen LogP contribution in [0, 0.1) is 11.6 Å². The van der Waals surface area contributed by atoms with Gasteiger partial charge in [0.15, 0.2) is 16.8 Å². The number of carbonyl (C=O) groups is 1. The van der Waals surface area contributed by atoms with Crippen LogP contribution in [0.2, 0.25) is 0 Å². The largest absolute Gasteiger partial charge is 0.491 e. The molecule has 0 unspecified atom stereocenters. The molecule has 29 heavy (non-hydrogen) atoms. The Morgan fingerprint density at radius 1 is 1.21 bits per heavy atom. The lowest BCUT2D eigenvalue weighted by Gasteiger charge is -2.11. The van der Waals surface area contributed by atoms with Crippen molar-refractivity contribution in [3.05, 3.63) is 65.0 Å². The second-order valence-electron chi connectivity index (χ2n) is 6.59. The smallest absolute Gasteiger partial charge is 0.257 e. The number of anilines is 1. The van der Waals surface area contributed by atoms with Crippen molar-refractivity contribution >= 4 is 22.4 Å². The number of halogens is 2. The number of nitrogens with one attached hydrogen (secondary N) is 1. The van der Waals surface area contributed by atoms with Crippen molar-refractivity contribution in [3.8, 4) is 17.0 Å². The molecule has 1 saturated heterocycles. The molecule has 1 N–H and O–H groups in total. The first-order valence-electron chi connectivity index (χ1n) is 9.15. The Morgan fingerprint density at radius 2 is 2.03 bits per heavy atom. The maximum atomic E-state index is 13.4. The van der Waals surface area contributed by atoms with Crippen LogP contribution in [0.25, 0.3) is 11.3 Å². The fourth-order valence-electron chi connectivity index (χ4n) is 2.96. The number of benzene rings is 2. The van der Waals surface area contributed by atoms with Gasteiger partial charge >= 0.3 is 0 Å². The molecule has 5 nitrogen and oxygen atoms in total. The predicted octanol–water partition coefficient (Wildman–Crippen LogP) is 4.90.